The first-order chi connectivity index (χ1) is 16.2. The summed E-state index contributed by atoms with van der Waals surface area (Å²) in [5, 5.41) is 9.86. The molecular weight excluding hydrogens is 471 g/mol. The normalized spacial score (nSPS) is 11.2. The van der Waals surface area contributed by atoms with Crippen molar-refractivity contribution >= 4 is 34.8 Å². The minimum atomic E-state index is -4.79. The number of imidazole rings is 1. The van der Waals surface area contributed by atoms with Crippen LogP contribution in [-0.2, 0) is 13.0 Å². The van der Waals surface area contributed by atoms with Gasteiger partial charge in [0.05, 0.1) is 0 Å². The molecular formula is C22H24F3N5O3S. The predicted molar refractivity (Wildman–Crippen MR) is 123 cm³/mol. The van der Waals surface area contributed by atoms with Crippen LogP contribution < -0.4 is 20.7 Å². The molecule has 0 aliphatic carbocycles. The van der Waals surface area contributed by atoms with E-state index >= 15 is 0 Å². The van der Waals surface area contributed by atoms with E-state index in [-0.39, 0.29) is 23.2 Å². The van der Waals surface area contributed by atoms with E-state index < -0.39 is 18.1 Å². The van der Waals surface area contributed by atoms with Crippen molar-refractivity contribution in [3.63, 3.8) is 0 Å². The van der Waals surface area contributed by atoms with Gasteiger partial charge < -0.3 is 19.9 Å². The number of aryl methyl sites for hydroxylation is 1. The highest BCUT2D eigenvalue weighted by molar-refractivity contribution is 7.09. The van der Waals surface area contributed by atoms with Crippen LogP contribution in [0.3, 0.4) is 0 Å². The van der Waals surface area contributed by atoms with Crippen LogP contribution in [0.5, 0.6) is 5.75 Å². The fourth-order valence-electron chi connectivity index (χ4n) is 3.01. The molecule has 0 aliphatic heterocycles. The molecule has 3 amide bonds. The van der Waals surface area contributed by atoms with Crippen molar-refractivity contribution < 1.29 is 27.5 Å². The number of urea groups is 1. The van der Waals surface area contributed by atoms with Crippen LogP contribution in [0.15, 0.2) is 48.0 Å². The Kier molecular flexibility index (Phi) is 8.52. The van der Waals surface area contributed by atoms with Gasteiger partial charge in [-0.2, -0.15) is 0 Å². The van der Waals surface area contributed by atoms with Gasteiger partial charge in [-0.05, 0) is 48.6 Å². The van der Waals surface area contributed by atoms with Gasteiger partial charge in [-0.1, -0.05) is 19.4 Å². The zero-order valence-electron chi connectivity index (χ0n) is 18.3. The molecule has 12 heteroatoms. The Labute approximate surface area is 198 Å². The van der Waals surface area contributed by atoms with Crippen molar-refractivity contribution in [2.45, 2.75) is 39.1 Å². The number of alkyl halides is 3. The number of aromatic nitrogens is 2. The van der Waals surface area contributed by atoms with Gasteiger partial charge in [-0.15, -0.1) is 24.5 Å². The average molecular weight is 496 g/mol. The Bertz CT molecular complexity index is 1080. The molecule has 8 nitrogen and oxygen atoms in total. The maximum atomic E-state index is 12.7. The number of anilines is 2. The van der Waals surface area contributed by atoms with Crippen LogP contribution in [0, 0.1) is 0 Å². The number of halogens is 3. The van der Waals surface area contributed by atoms with Gasteiger partial charge in [-0.3, -0.25) is 10.1 Å². The van der Waals surface area contributed by atoms with Gasteiger partial charge in [0.1, 0.15) is 5.75 Å². The molecule has 3 N–H and O–H groups in total. The summed E-state index contributed by atoms with van der Waals surface area (Å²) < 4.78 is 42.3. The Morgan fingerprint density at radius 3 is 2.56 bits per heavy atom. The van der Waals surface area contributed by atoms with Crippen molar-refractivity contribution in [2.75, 3.05) is 17.2 Å². The second-order valence-corrected chi connectivity index (χ2v) is 8.27. The van der Waals surface area contributed by atoms with Crippen molar-refractivity contribution in [1.82, 2.24) is 14.9 Å². The maximum absolute atomic E-state index is 12.7. The zero-order valence-corrected chi connectivity index (χ0v) is 19.1. The predicted octanol–water partition coefficient (Wildman–Crippen LogP) is 5.26. The van der Waals surface area contributed by atoms with E-state index in [2.05, 4.69) is 25.7 Å². The van der Waals surface area contributed by atoms with Crippen molar-refractivity contribution in [1.29, 1.82) is 0 Å². The van der Waals surface area contributed by atoms with E-state index in [1.165, 1.54) is 12.1 Å². The number of hydrogen-bond donors (Lipinski definition) is 3. The Hall–Kier alpha value is -3.54. The molecule has 3 aromatic rings. The van der Waals surface area contributed by atoms with E-state index in [9.17, 15) is 22.8 Å². The van der Waals surface area contributed by atoms with Gasteiger partial charge in [-0.25, -0.2) is 9.78 Å². The number of unbranched alkanes of at least 4 members (excludes halogenated alkanes) is 1. The monoisotopic (exact) mass is 495 g/mol. The molecule has 2 aromatic heterocycles. The number of carbonyl (C=O) groups is 2. The van der Waals surface area contributed by atoms with Gasteiger partial charge in [0, 0.05) is 29.9 Å². The molecule has 0 saturated heterocycles. The number of amides is 3. The van der Waals surface area contributed by atoms with Crippen molar-refractivity contribution in [3.8, 4) is 5.75 Å². The minimum Gasteiger partial charge on any atom is -0.406 e. The van der Waals surface area contributed by atoms with Crippen LogP contribution in [-0.4, -0.2) is 34.4 Å². The van der Waals surface area contributed by atoms with Gasteiger partial charge in [0.15, 0.2) is 5.82 Å². The van der Waals surface area contributed by atoms with E-state index in [0.717, 1.165) is 29.9 Å². The largest absolute Gasteiger partial charge is 0.573 e. The number of carbonyl (C=O) groups excluding carboxylic acids is 2. The van der Waals surface area contributed by atoms with Crippen LogP contribution in [0.4, 0.5) is 29.5 Å². The second kappa shape index (κ2) is 11.5. The number of nitrogens with zero attached hydrogens (tertiary/aromatic N) is 2. The fraction of sp³-hybridized carbons (Fsp3) is 0.318. The van der Waals surface area contributed by atoms with Crippen LogP contribution in [0.25, 0.3) is 0 Å². The first-order valence-corrected chi connectivity index (χ1v) is 11.4. The number of hydrogen-bond acceptors (Lipinski definition) is 5. The highest BCUT2D eigenvalue weighted by atomic mass is 32.1. The Morgan fingerprint density at radius 1 is 1.15 bits per heavy atom. The van der Waals surface area contributed by atoms with Crippen molar-refractivity contribution in [2.24, 2.45) is 0 Å². The first kappa shape index (κ1) is 25.1. The number of rotatable bonds is 10. The number of ether oxygens (including phenoxy) is 1. The summed E-state index contributed by atoms with van der Waals surface area (Å²) in [6, 6.07) is 8.00. The third-order valence-corrected chi connectivity index (χ3v) is 5.49. The van der Waals surface area contributed by atoms with E-state index in [0.29, 0.717) is 19.5 Å². The zero-order chi connectivity index (χ0) is 24.6. The lowest BCUT2D eigenvalue weighted by molar-refractivity contribution is -0.274. The lowest BCUT2D eigenvalue weighted by Crippen LogP contribution is -2.28. The highest BCUT2D eigenvalue weighted by Crippen LogP contribution is 2.24. The molecule has 2 heterocycles. The summed E-state index contributed by atoms with van der Waals surface area (Å²) in [7, 11) is 0. The van der Waals surface area contributed by atoms with E-state index in [4.69, 9.17) is 0 Å². The lowest BCUT2D eigenvalue weighted by Gasteiger charge is -2.10. The molecule has 0 bridgehead atoms. The first-order valence-electron chi connectivity index (χ1n) is 10.5. The molecule has 0 spiro atoms. The second-order valence-electron chi connectivity index (χ2n) is 7.23. The van der Waals surface area contributed by atoms with E-state index in [1.807, 2.05) is 24.4 Å². The molecule has 0 radical (unpaired) electrons. The number of thiophene rings is 1. The molecule has 0 unspecified atom stereocenters. The molecule has 0 aliphatic rings. The molecule has 34 heavy (non-hydrogen) atoms. The molecule has 182 valence electrons. The Morgan fingerprint density at radius 2 is 1.91 bits per heavy atom. The molecule has 1 aromatic carbocycles. The highest BCUT2D eigenvalue weighted by Gasteiger charge is 2.31. The third kappa shape index (κ3) is 7.80. The number of nitrogens with one attached hydrogen (secondary N) is 3. The summed E-state index contributed by atoms with van der Waals surface area (Å²) in [5.41, 5.74) is 0.254. The van der Waals surface area contributed by atoms with Crippen molar-refractivity contribution in [3.05, 3.63) is 58.7 Å². The Balaban J connectivity index is 1.60. The molecule has 0 atom stereocenters. The van der Waals surface area contributed by atoms with E-state index in [1.54, 1.807) is 22.1 Å². The summed E-state index contributed by atoms with van der Waals surface area (Å²) >= 11 is 1.62. The summed E-state index contributed by atoms with van der Waals surface area (Å²) in [6.45, 7) is 3.04. The average Bonchev–Trinajstić information content (AvgIpc) is 3.42. The van der Waals surface area contributed by atoms with Gasteiger partial charge in [0.25, 0.3) is 5.91 Å². The summed E-state index contributed by atoms with van der Waals surface area (Å²) in [5.74, 6) is -0.387. The smallest absolute Gasteiger partial charge is 0.406 e. The van der Waals surface area contributed by atoms with Crippen LogP contribution in [0.1, 0.15) is 35.3 Å². The van der Waals surface area contributed by atoms with Crippen LogP contribution >= 0.6 is 11.3 Å². The molecule has 0 saturated carbocycles. The lowest BCUT2D eigenvalue weighted by atomic mass is 10.3. The SMILES string of the molecule is CCCCn1cc(NC(=O)Nc2ccc(OC(F)(F)F)cc2)nc1C(=O)NCCc1cccs1. The minimum absolute atomic E-state index is 0.175. The molecule has 3 rings (SSSR count). The van der Waals surface area contributed by atoms with Gasteiger partial charge >= 0.3 is 12.4 Å². The summed E-state index contributed by atoms with van der Waals surface area (Å²) in [4.78, 5) is 30.4. The number of benzene rings is 1. The third-order valence-electron chi connectivity index (χ3n) is 4.56. The maximum Gasteiger partial charge on any atom is 0.573 e. The van der Waals surface area contributed by atoms with Crippen LogP contribution in [0.2, 0.25) is 0 Å². The quantitative estimate of drug-likeness (QED) is 0.357. The topological polar surface area (TPSA) is 97.3 Å². The molecule has 0 fully saturated rings. The van der Waals surface area contributed by atoms with Gasteiger partial charge in [0.2, 0.25) is 5.82 Å². The fourth-order valence-corrected chi connectivity index (χ4v) is 3.72. The summed E-state index contributed by atoms with van der Waals surface area (Å²) in [6.07, 6.45) is -0.779. The standard InChI is InChI=1S/C22H24F3N5O3S/c1-2-3-12-30-14-18(28-19(30)20(31)26-11-10-17-5-4-13-34-17)29-21(32)27-15-6-8-16(9-7-15)33-22(23,24)25/h4-9,13-14H,2-3,10-12H2,1H3,(H,26,31)(H2,27,29,32).